The number of rotatable bonds is 3. The van der Waals surface area contributed by atoms with Crippen LogP contribution in [-0.2, 0) is 22.4 Å². The van der Waals surface area contributed by atoms with Crippen LogP contribution in [0.3, 0.4) is 0 Å². The van der Waals surface area contributed by atoms with Gasteiger partial charge in [-0.1, -0.05) is 43.5 Å². The van der Waals surface area contributed by atoms with Gasteiger partial charge >= 0.3 is 11.8 Å². The summed E-state index contributed by atoms with van der Waals surface area (Å²) in [5, 5.41) is 16.1. The summed E-state index contributed by atoms with van der Waals surface area (Å²) in [5.74, 6) is -1.23. The molecule has 1 atom stereocenters. The molecule has 0 aromatic heterocycles. The van der Waals surface area contributed by atoms with Crippen molar-refractivity contribution in [3.8, 4) is 0 Å². The number of fused-ring (bicyclic) bond motifs is 1. The second-order valence-electron chi connectivity index (χ2n) is 7.16. The highest BCUT2D eigenvalue weighted by Gasteiger charge is 2.33. The van der Waals surface area contributed by atoms with Gasteiger partial charge in [0, 0.05) is 19.0 Å². The van der Waals surface area contributed by atoms with Gasteiger partial charge in [0.2, 0.25) is 0 Å². The van der Waals surface area contributed by atoms with E-state index >= 15 is 0 Å². The van der Waals surface area contributed by atoms with Gasteiger partial charge in [0.15, 0.2) is 0 Å². The molecule has 2 aliphatic rings. The van der Waals surface area contributed by atoms with Crippen molar-refractivity contribution in [3.63, 3.8) is 0 Å². The first-order valence-corrected chi connectivity index (χ1v) is 8.94. The molecule has 3 N–H and O–H groups in total. The van der Waals surface area contributed by atoms with Crippen LogP contribution in [0, 0.1) is 0 Å². The third-order valence-electron chi connectivity index (χ3n) is 5.22. The maximum Gasteiger partial charge on any atom is 0.309 e. The summed E-state index contributed by atoms with van der Waals surface area (Å²) in [5.41, 5.74) is 1.39. The van der Waals surface area contributed by atoms with Crippen LogP contribution < -0.4 is 10.6 Å². The molecular formula is C19H26N2O3. The Balaban J connectivity index is 1.49. The van der Waals surface area contributed by atoms with Crippen LogP contribution in [0.2, 0.25) is 0 Å². The molecule has 2 amide bonds. The average Bonchev–Trinajstić information content (AvgIpc) is 2.60. The first kappa shape index (κ1) is 17.0. The number of aryl methyl sites for hydroxylation is 1. The first-order chi connectivity index (χ1) is 11.6. The second-order valence-corrected chi connectivity index (χ2v) is 7.16. The van der Waals surface area contributed by atoms with E-state index < -0.39 is 17.4 Å². The molecule has 1 aromatic carbocycles. The highest BCUT2D eigenvalue weighted by Crippen LogP contribution is 2.28. The Labute approximate surface area is 142 Å². The van der Waals surface area contributed by atoms with E-state index in [-0.39, 0.29) is 12.6 Å². The van der Waals surface area contributed by atoms with Crippen LogP contribution in [0.5, 0.6) is 0 Å². The lowest BCUT2D eigenvalue weighted by atomic mass is 9.80. The smallest absolute Gasteiger partial charge is 0.309 e. The van der Waals surface area contributed by atoms with Gasteiger partial charge in [-0.15, -0.1) is 0 Å². The standard InChI is InChI=1S/C19H26N2O3/c22-17(18(23)21-16-8-2-1-3-9-16)20-13-19(24)11-10-14-6-4-5-7-15(14)12-19/h4-7,16,24H,1-3,8-13H2,(H,20,22)(H,21,23). The summed E-state index contributed by atoms with van der Waals surface area (Å²) in [7, 11) is 0. The quantitative estimate of drug-likeness (QED) is 0.735. The average molecular weight is 330 g/mol. The summed E-state index contributed by atoms with van der Waals surface area (Å²) in [6.45, 7) is 0.109. The second kappa shape index (κ2) is 7.34. The minimum atomic E-state index is -0.977. The van der Waals surface area contributed by atoms with E-state index in [1.807, 2.05) is 18.2 Å². The molecule has 24 heavy (non-hydrogen) atoms. The van der Waals surface area contributed by atoms with E-state index in [0.717, 1.165) is 37.7 Å². The Hall–Kier alpha value is -1.88. The fourth-order valence-electron chi connectivity index (χ4n) is 3.76. The van der Waals surface area contributed by atoms with Crippen LogP contribution in [0.25, 0.3) is 0 Å². The van der Waals surface area contributed by atoms with E-state index in [1.165, 1.54) is 12.0 Å². The van der Waals surface area contributed by atoms with Crippen molar-refractivity contribution in [1.29, 1.82) is 0 Å². The van der Waals surface area contributed by atoms with Gasteiger partial charge in [-0.25, -0.2) is 0 Å². The molecule has 0 heterocycles. The number of nitrogens with one attached hydrogen (secondary N) is 2. The van der Waals surface area contributed by atoms with Gasteiger partial charge in [-0.3, -0.25) is 9.59 Å². The Bertz CT molecular complexity index is 610. The molecule has 0 saturated heterocycles. The van der Waals surface area contributed by atoms with Gasteiger partial charge in [-0.05, 0) is 36.8 Å². The van der Waals surface area contributed by atoms with Gasteiger partial charge in [0.25, 0.3) is 0 Å². The first-order valence-electron chi connectivity index (χ1n) is 8.94. The van der Waals surface area contributed by atoms with E-state index in [1.54, 1.807) is 0 Å². The van der Waals surface area contributed by atoms with Crippen molar-refractivity contribution in [3.05, 3.63) is 35.4 Å². The third kappa shape index (κ3) is 4.15. The molecule has 0 radical (unpaired) electrons. The molecule has 5 nitrogen and oxygen atoms in total. The van der Waals surface area contributed by atoms with E-state index in [0.29, 0.717) is 12.8 Å². The number of carbonyl (C=O) groups excluding carboxylic acids is 2. The third-order valence-corrected chi connectivity index (χ3v) is 5.22. The maximum atomic E-state index is 12.0. The number of hydrogen-bond donors (Lipinski definition) is 3. The summed E-state index contributed by atoms with van der Waals surface area (Å²) in [6.07, 6.45) is 7.18. The molecule has 130 valence electrons. The van der Waals surface area contributed by atoms with Gasteiger partial charge < -0.3 is 15.7 Å². The molecule has 0 bridgehead atoms. The van der Waals surface area contributed by atoms with Crippen LogP contribution in [0.15, 0.2) is 24.3 Å². The minimum absolute atomic E-state index is 0.109. The predicted octanol–water partition coefficient (Wildman–Crippen LogP) is 1.47. The number of carbonyl (C=O) groups is 2. The largest absolute Gasteiger partial charge is 0.388 e. The van der Waals surface area contributed by atoms with Gasteiger partial charge in [0.05, 0.1) is 5.60 Å². The van der Waals surface area contributed by atoms with Gasteiger partial charge in [0.1, 0.15) is 0 Å². The molecule has 0 spiro atoms. The van der Waals surface area contributed by atoms with Crippen molar-refractivity contribution in [1.82, 2.24) is 10.6 Å². The zero-order valence-corrected chi connectivity index (χ0v) is 14.0. The summed E-state index contributed by atoms with van der Waals surface area (Å²) < 4.78 is 0. The molecule has 1 aromatic rings. The zero-order valence-electron chi connectivity index (χ0n) is 14.0. The summed E-state index contributed by atoms with van der Waals surface area (Å²) in [6, 6.07) is 8.16. The Kier molecular flexibility index (Phi) is 5.19. The van der Waals surface area contributed by atoms with Crippen molar-refractivity contribution in [2.75, 3.05) is 6.54 Å². The van der Waals surface area contributed by atoms with Crippen molar-refractivity contribution in [2.45, 2.75) is 63.0 Å². The molecule has 1 fully saturated rings. The van der Waals surface area contributed by atoms with Crippen LogP contribution in [0.1, 0.15) is 49.7 Å². The summed E-state index contributed by atoms with van der Waals surface area (Å²) in [4.78, 5) is 24.0. The summed E-state index contributed by atoms with van der Waals surface area (Å²) >= 11 is 0. The lowest BCUT2D eigenvalue weighted by Crippen LogP contribution is -2.51. The van der Waals surface area contributed by atoms with E-state index in [2.05, 4.69) is 16.7 Å². The predicted molar refractivity (Wildman–Crippen MR) is 91.4 cm³/mol. The molecule has 3 rings (SSSR count). The highest BCUT2D eigenvalue weighted by atomic mass is 16.3. The number of hydrogen-bond acceptors (Lipinski definition) is 3. The van der Waals surface area contributed by atoms with E-state index in [4.69, 9.17) is 0 Å². The van der Waals surface area contributed by atoms with E-state index in [9.17, 15) is 14.7 Å². The Morgan fingerprint density at radius 1 is 1.08 bits per heavy atom. The SMILES string of the molecule is O=C(NCC1(O)CCc2ccccc2C1)C(=O)NC1CCCCC1. The van der Waals surface area contributed by atoms with Crippen LogP contribution in [-0.4, -0.2) is 35.1 Å². The van der Waals surface area contributed by atoms with Gasteiger partial charge in [-0.2, -0.15) is 0 Å². The molecule has 1 unspecified atom stereocenters. The minimum Gasteiger partial charge on any atom is -0.388 e. The van der Waals surface area contributed by atoms with Crippen molar-refractivity contribution in [2.24, 2.45) is 0 Å². The fourth-order valence-corrected chi connectivity index (χ4v) is 3.76. The lowest BCUT2D eigenvalue weighted by Gasteiger charge is -2.33. The molecule has 5 heteroatoms. The van der Waals surface area contributed by atoms with Crippen molar-refractivity contribution < 1.29 is 14.7 Å². The number of amides is 2. The molecule has 1 saturated carbocycles. The molecular weight excluding hydrogens is 304 g/mol. The lowest BCUT2D eigenvalue weighted by molar-refractivity contribution is -0.140. The number of aliphatic hydroxyl groups is 1. The molecule has 2 aliphatic carbocycles. The Morgan fingerprint density at radius 3 is 2.54 bits per heavy atom. The topological polar surface area (TPSA) is 78.4 Å². The van der Waals surface area contributed by atoms with Crippen LogP contribution in [0.4, 0.5) is 0 Å². The van der Waals surface area contributed by atoms with Crippen molar-refractivity contribution >= 4 is 11.8 Å². The number of benzene rings is 1. The highest BCUT2D eigenvalue weighted by molar-refractivity contribution is 6.35. The maximum absolute atomic E-state index is 12.0. The monoisotopic (exact) mass is 330 g/mol. The fraction of sp³-hybridized carbons (Fsp3) is 0.579. The zero-order chi connectivity index (χ0) is 17.0. The van der Waals surface area contributed by atoms with Crippen LogP contribution >= 0.6 is 0 Å². The Morgan fingerprint density at radius 2 is 1.79 bits per heavy atom. The normalized spacial score (nSPS) is 24.0. The molecule has 0 aliphatic heterocycles.